The standard InChI is InChI=1S/C20H31N3O2/c1-14-8-7-9-18(10-14)25-13-17(24)11-21-15(2)19-12-23(20(4,5)6)22-16(19)3/h7-10,12,15,17,21,24H,11,13H2,1-6H3. The third-order valence-electron chi connectivity index (χ3n) is 4.18. The van der Waals surface area contributed by atoms with Crippen molar-refractivity contribution in [2.45, 2.75) is 59.2 Å². The molecule has 0 saturated heterocycles. The van der Waals surface area contributed by atoms with Gasteiger partial charge in [0.25, 0.3) is 0 Å². The van der Waals surface area contributed by atoms with E-state index in [0.29, 0.717) is 6.54 Å². The molecule has 2 N–H and O–H groups in total. The van der Waals surface area contributed by atoms with Crippen LogP contribution in [0.3, 0.4) is 0 Å². The summed E-state index contributed by atoms with van der Waals surface area (Å²) in [4.78, 5) is 0. The minimum absolute atomic E-state index is 0.0378. The second kappa shape index (κ2) is 8.02. The van der Waals surface area contributed by atoms with Gasteiger partial charge in [-0.25, -0.2) is 0 Å². The van der Waals surface area contributed by atoms with Crippen molar-refractivity contribution in [1.29, 1.82) is 0 Å². The monoisotopic (exact) mass is 345 g/mol. The lowest BCUT2D eigenvalue weighted by atomic mass is 10.1. The Hall–Kier alpha value is -1.85. The normalized spacial score (nSPS) is 14.4. The summed E-state index contributed by atoms with van der Waals surface area (Å²) in [6, 6.07) is 7.96. The number of aliphatic hydroxyl groups excluding tert-OH is 1. The van der Waals surface area contributed by atoms with Crippen molar-refractivity contribution >= 4 is 0 Å². The molecule has 2 aromatic rings. The Morgan fingerprint density at radius 1 is 1.28 bits per heavy atom. The van der Waals surface area contributed by atoms with E-state index in [1.165, 1.54) is 0 Å². The van der Waals surface area contributed by atoms with E-state index in [9.17, 15) is 5.11 Å². The molecular formula is C20H31N3O2. The average Bonchev–Trinajstić information content (AvgIpc) is 2.93. The molecule has 2 unspecified atom stereocenters. The summed E-state index contributed by atoms with van der Waals surface area (Å²) in [5.41, 5.74) is 3.27. The van der Waals surface area contributed by atoms with E-state index < -0.39 is 6.10 Å². The Labute approximate surface area is 151 Å². The predicted octanol–water partition coefficient (Wildman–Crippen LogP) is 3.35. The molecule has 0 saturated carbocycles. The molecule has 5 heteroatoms. The fourth-order valence-electron chi connectivity index (χ4n) is 2.62. The molecular weight excluding hydrogens is 314 g/mol. The smallest absolute Gasteiger partial charge is 0.119 e. The zero-order valence-corrected chi connectivity index (χ0v) is 16.2. The van der Waals surface area contributed by atoms with Crippen LogP contribution in [0.2, 0.25) is 0 Å². The highest BCUT2D eigenvalue weighted by Gasteiger charge is 2.19. The van der Waals surface area contributed by atoms with E-state index in [4.69, 9.17) is 4.74 Å². The van der Waals surface area contributed by atoms with Crippen molar-refractivity contribution in [2.24, 2.45) is 0 Å². The van der Waals surface area contributed by atoms with Gasteiger partial charge in [0, 0.05) is 24.3 Å². The molecule has 0 aliphatic carbocycles. The number of ether oxygens (including phenoxy) is 1. The second-order valence-electron chi connectivity index (χ2n) is 7.70. The van der Waals surface area contributed by atoms with Crippen LogP contribution in [0.5, 0.6) is 5.75 Å². The molecule has 1 aromatic heterocycles. The highest BCUT2D eigenvalue weighted by molar-refractivity contribution is 5.27. The third-order valence-corrected chi connectivity index (χ3v) is 4.18. The van der Waals surface area contributed by atoms with E-state index in [1.807, 2.05) is 42.8 Å². The summed E-state index contributed by atoms with van der Waals surface area (Å²) in [5.74, 6) is 0.786. The van der Waals surface area contributed by atoms with Gasteiger partial charge in [-0.05, 0) is 59.2 Å². The van der Waals surface area contributed by atoms with Crippen molar-refractivity contribution < 1.29 is 9.84 Å². The second-order valence-corrected chi connectivity index (χ2v) is 7.70. The lowest BCUT2D eigenvalue weighted by Crippen LogP contribution is -2.33. The maximum atomic E-state index is 10.2. The minimum Gasteiger partial charge on any atom is -0.491 e. The van der Waals surface area contributed by atoms with Gasteiger partial charge < -0.3 is 15.2 Å². The molecule has 25 heavy (non-hydrogen) atoms. The van der Waals surface area contributed by atoms with Crippen LogP contribution in [-0.4, -0.2) is 34.1 Å². The van der Waals surface area contributed by atoms with Crippen molar-refractivity contribution in [2.75, 3.05) is 13.2 Å². The van der Waals surface area contributed by atoms with Crippen LogP contribution in [0.1, 0.15) is 50.6 Å². The number of hydrogen-bond acceptors (Lipinski definition) is 4. The molecule has 0 radical (unpaired) electrons. The highest BCUT2D eigenvalue weighted by atomic mass is 16.5. The van der Waals surface area contributed by atoms with Gasteiger partial charge >= 0.3 is 0 Å². The summed E-state index contributed by atoms with van der Waals surface area (Å²) < 4.78 is 7.65. The lowest BCUT2D eigenvalue weighted by Gasteiger charge is -2.19. The summed E-state index contributed by atoms with van der Waals surface area (Å²) >= 11 is 0. The Balaban J connectivity index is 1.85. The van der Waals surface area contributed by atoms with Crippen molar-refractivity contribution in [3.05, 3.63) is 47.3 Å². The van der Waals surface area contributed by atoms with Gasteiger partial charge in [-0.1, -0.05) is 12.1 Å². The SMILES string of the molecule is Cc1cccc(OCC(O)CNC(C)c2cn(C(C)(C)C)nc2C)c1. The maximum Gasteiger partial charge on any atom is 0.119 e. The summed E-state index contributed by atoms with van der Waals surface area (Å²) in [6.07, 6.45) is 1.52. The van der Waals surface area contributed by atoms with E-state index in [-0.39, 0.29) is 18.2 Å². The van der Waals surface area contributed by atoms with Crippen LogP contribution in [-0.2, 0) is 5.54 Å². The molecule has 0 bridgehead atoms. The average molecular weight is 345 g/mol. The first kappa shape index (κ1) is 19.5. The zero-order chi connectivity index (χ0) is 18.6. The summed E-state index contributed by atoms with van der Waals surface area (Å²) in [6.45, 7) is 13.3. The van der Waals surface area contributed by atoms with Gasteiger partial charge in [-0.2, -0.15) is 5.10 Å². The largest absolute Gasteiger partial charge is 0.491 e. The lowest BCUT2D eigenvalue weighted by molar-refractivity contribution is 0.104. The molecule has 5 nitrogen and oxygen atoms in total. The van der Waals surface area contributed by atoms with Crippen LogP contribution >= 0.6 is 0 Å². The van der Waals surface area contributed by atoms with Gasteiger partial charge in [-0.15, -0.1) is 0 Å². The highest BCUT2D eigenvalue weighted by Crippen LogP contribution is 2.21. The summed E-state index contributed by atoms with van der Waals surface area (Å²) in [7, 11) is 0. The Bertz CT molecular complexity index is 688. The Morgan fingerprint density at radius 2 is 2.00 bits per heavy atom. The number of aliphatic hydroxyl groups is 1. The third kappa shape index (κ3) is 5.58. The first-order chi connectivity index (χ1) is 11.7. The summed E-state index contributed by atoms with van der Waals surface area (Å²) in [5, 5.41) is 18.1. The number of hydrogen-bond donors (Lipinski definition) is 2. The molecule has 0 aliphatic rings. The molecule has 0 aliphatic heterocycles. The zero-order valence-electron chi connectivity index (χ0n) is 16.2. The Kier molecular flexibility index (Phi) is 6.25. The first-order valence-corrected chi connectivity index (χ1v) is 8.84. The van der Waals surface area contributed by atoms with E-state index in [0.717, 1.165) is 22.6 Å². The number of rotatable bonds is 7. The predicted molar refractivity (Wildman–Crippen MR) is 101 cm³/mol. The quantitative estimate of drug-likeness (QED) is 0.808. The van der Waals surface area contributed by atoms with Gasteiger partial charge in [0.2, 0.25) is 0 Å². The molecule has 138 valence electrons. The molecule has 1 aromatic carbocycles. The van der Waals surface area contributed by atoms with Crippen molar-refractivity contribution in [1.82, 2.24) is 15.1 Å². The van der Waals surface area contributed by atoms with Crippen LogP contribution in [0.4, 0.5) is 0 Å². The van der Waals surface area contributed by atoms with Crippen LogP contribution in [0.15, 0.2) is 30.5 Å². The van der Waals surface area contributed by atoms with E-state index in [1.54, 1.807) is 0 Å². The fraction of sp³-hybridized carbons (Fsp3) is 0.550. The van der Waals surface area contributed by atoms with Crippen LogP contribution in [0, 0.1) is 13.8 Å². The number of benzene rings is 1. The molecule has 0 fully saturated rings. The molecule has 2 rings (SSSR count). The molecule has 1 heterocycles. The van der Waals surface area contributed by atoms with Gasteiger partial charge in [-0.3, -0.25) is 4.68 Å². The minimum atomic E-state index is -0.569. The fourth-order valence-corrected chi connectivity index (χ4v) is 2.62. The molecule has 2 atom stereocenters. The van der Waals surface area contributed by atoms with Crippen molar-refractivity contribution in [3.63, 3.8) is 0 Å². The van der Waals surface area contributed by atoms with Gasteiger partial charge in [0.05, 0.1) is 11.2 Å². The number of nitrogens with one attached hydrogen (secondary N) is 1. The van der Waals surface area contributed by atoms with E-state index >= 15 is 0 Å². The molecule has 0 spiro atoms. The first-order valence-electron chi connectivity index (χ1n) is 8.84. The van der Waals surface area contributed by atoms with Crippen LogP contribution < -0.4 is 10.1 Å². The maximum absolute atomic E-state index is 10.2. The number of aromatic nitrogens is 2. The number of aryl methyl sites for hydroxylation is 2. The molecule has 0 amide bonds. The van der Waals surface area contributed by atoms with Gasteiger partial charge in [0.1, 0.15) is 18.5 Å². The van der Waals surface area contributed by atoms with Crippen LogP contribution in [0.25, 0.3) is 0 Å². The number of nitrogens with zero attached hydrogens (tertiary/aromatic N) is 2. The van der Waals surface area contributed by atoms with E-state index in [2.05, 4.69) is 44.3 Å². The van der Waals surface area contributed by atoms with Gasteiger partial charge in [0.15, 0.2) is 0 Å². The topological polar surface area (TPSA) is 59.3 Å². The van der Waals surface area contributed by atoms with Crippen molar-refractivity contribution in [3.8, 4) is 5.75 Å². The Morgan fingerprint density at radius 3 is 2.60 bits per heavy atom.